The Morgan fingerprint density at radius 1 is 0.806 bits per heavy atom. The summed E-state index contributed by atoms with van der Waals surface area (Å²) in [6.45, 7) is 2.15. The quantitative estimate of drug-likeness (QED) is 0.243. The number of nitrogens with two attached hydrogens (primary N) is 1. The molecular weight excluding hydrogens is 452 g/mol. The van der Waals surface area contributed by atoms with Gasteiger partial charge in [-0.15, -0.1) is 0 Å². The third kappa shape index (κ3) is 3.32. The van der Waals surface area contributed by atoms with E-state index in [1.807, 2.05) is 61.5 Å². The second-order valence-corrected chi connectivity index (χ2v) is 9.07. The lowest BCUT2D eigenvalue weighted by Gasteiger charge is -2.10. The molecule has 2 aromatic heterocycles. The van der Waals surface area contributed by atoms with Crippen molar-refractivity contribution in [3.63, 3.8) is 0 Å². The highest BCUT2D eigenvalue weighted by molar-refractivity contribution is 6.51. The first-order valence-electron chi connectivity index (χ1n) is 11.7. The van der Waals surface area contributed by atoms with Crippen molar-refractivity contribution in [2.24, 2.45) is 5.73 Å². The normalized spacial score (nSPS) is 13.8. The molecule has 0 saturated carbocycles. The molecule has 1 aliphatic heterocycles. The molecule has 7 heteroatoms. The Morgan fingerprint density at radius 2 is 1.42 bits per heavy atom. The molecule has 3 aromatic carbocycles. The van der Waals surface area contributed by atoms with Crippen LogP contribution in [0.1, 0.15) is 33.6 Å². The van der Waals surface area contributed by atoms with Gasteiger partial charge in [0.05, 0.1) is 11.1 Å². The van der Waals surface area contributed by atoms with Crippen LogP contribution in [0.25, 0.3) is 33.0 Å². The van der Waals surface area contributed by atoms with Gasteiger partial charge in [-0.3, -0.25) is 14.9 Å². The number of para-hydroxylation sites is 2. The first kappa shape index (κ1) is 21.9. The Hall–Kier alpha value is -4.62. The van der Waals surface area contributed by atoms with Crippen LogP contribution in [0.15, 0.2) is 66.7 Å². The second-order valence-electron chi connectivity index (χ2n) is 9.07. The Balaban J connectivity index is 1.62. The van der Waals surface area contributed by atoms with E-state index < -0.39 is 11.8 Å². The van der Waals surface area contributed by atoms with Crippen LogP contribution in [0.3, 0.4) is 0 Å². The maximum atomic E-state index is 13.4. The van der Waals surface area contributed by atoms with Gasteiger partial charge in [0.1, 0.15) is 5.75 Å². The molecule has 6 rings (SSSR count). The number of aromatic nitrogens is 2. The van der Waals surface area contributed by atoms with Gasteiger partial charge in [-0.1, -0.05) is 48.5 Å². The van der Waals surface area contributed by atoms with Gasteiger partial charge in [0.15, 0.2) is 0 Å². The number of phenols is 1. The highest BCUT2D eigenvalue weighted by Gasteiger charge is 2.36. The summed E-state index contributed by atoms with van der Waals surface area (Å²) in [7, 11) is 0. The largest absolute Gasteiger partial charge is 0.508 e. The molecule has 7 nitrogen and oxygen atoms in total. The maximum Gasteiger partial charge on any atom is 0.259 e. The average Bonchev–Trinajstić information content (AvgIpc) is 3.47. The first-order chi connectivity index (χ1) is 17.5. The molecule has 0 saturated heterocycles. The minimum absolute atomic E-state index is 0.135. The number of imide groups is 1. The summed E-state index contributed by atoms with van der Waals surface area (Å²) in [5.41, 5.74) is 12.7. The molecule has 0 unspecified atom stereocenters. The van der Waals surface area contributed by atoms with Crippen molar-refractivity contribution in [1.29, 1.82) is 0 Å². The van der Waals surface area contributed by atoms with Gasteiger partial charge in [-0.2, -0.15) is 0 Å². The molecule has 36 heavy (non-hydrogen) atoms. The second kappa shape index (κ2) is 8.25. The van der Waals surface area contributed by atoms with E-state index in [4.69, 9.17) is 5.73 Å². The van der Waals surface area contributed by atoms with Crippen LogP contribution in [-0.4, -0.2) is 26.9 Å². The lowest BCUT2D eigenvalue weighted by atomic mass is 9.91. The Morgan fingerprint density at radius 3 is 2.08 bits per heavy atom. The van der Waals surface area contributed by atoms with Crippen LogP contribution in [-0.2, 0) is 22.6 Å². The summed E-state index contributed by atoms with van der Waals surface area (Å²) in [4.78, 5) is 33.4. The molecular formula is C29H24N4O3. The number of aryl methyl sites for hydroxylation is 1. The van der Waals surface area contributed by atoms with Crippen LogP contribution in [0.5, 0.6) is 5.75 Å². The van der Waals surface area contributed by atoms with Crippen LogP contribution in [0.2, 0.25) is 0 Å². The van der Waals surface area contributed by atoms with E-state index in [1.165, 1.54) is 0 Å². The fraction of sp³-hybridized carbons (Fsp3) is 0.103. The number of hydrogen-bond donors (Lipinski definition) is 5. The molecule has 0 spiro atoms. The van der Waals surface area contributed by atoms with Gasteiger partial charge in [-0.25, -0.2) is 0 Å². The van der Waals surface area contributed by atoms with Crippen molar-refractivity contribution in [3.05, 3.63) is 100 Å². The predicted octanol–water partition coefficient (Wildman–Crippen LogP) is 4.28. The number of hydrogen-bond acceptors (Lipinski definition) is 4. The standard InChI is InChI=1S/C29H24N4O3/c1-15-24(18-6-2-4-8-20(18)31-15)26-27(29(36)33-28(26)35)25-19-7-3-5-9-21(19)32-22(25)12-16-10-11-17(14-30)23(34)13-16/h2-11,13,31-32,34H,12,14,30H2,1H3,(H,33,35,36). The van der Waals surface area contributed by atoms with Crippen molar-refractivity contribution in [2.45, 2.75) is 19.9 Å². The highest BCUT2D eigenvalue weighted by atomic mass is 16.3. The zero-order valence-electron chi connectivity index (χ0n) is 19.6. The van der Waals surface area contributed by atoms with E-state index in [0.717, 1.165) is 44.3 Å². The molecule has 3 heterocycles. The zero-order chi connectivity index (χ0) is 25.0. The van der Waals surface area contributed by atoms with Gasteiger partial charge < -0.3 is 20.8 Å². The lowest BCUT2D eigenvalue weighted by Crippen LogP contribution is -2.23. The topological polar surface area (TPSA) is 124 Å². The number of rotatable bonds is 5. The van der Waals surface area contributed by atoms with E-state index in [9.17, 15) is 14.7 Å². The molecule has 6 N–H and O–H groups in total. The van der Waals surface area contributed by atoms with Gasteiger partial charge in [-0.05, 0) is 30.7 Å². The van der Waals surface area contributed by atoms with Crippen molar-refractivity contribution in [3.8, 4) is 5.75 Å². The molecule has 0 aliphatic carbocycles. The minimum Gasteiger partial charge on any atom is -0.508 e. The van der Waals surface area contributed by atoms with E-state index in [-0.39, 0.29) is 12.3 Å². The molecule has 5 aromatic rings. The Labute approximate surface area is 206 Å². The van der Waals surface area contributed by atoms with Crippen LogP contribution >= 0.6 is 0 Å². The lowest BCUT2D eigenvalue weighted by molar-refractivity contribution is -0.122. The average molecular weight is 477 g/mol. The summed E-state index contributed by atoms with van der Waals surface area (Å²) >= 11 is 0. The van der Waals surface area contributed by atoms with Crippen LogP contribution < -0.4 is 11.1 Å². The molecule has 2 amide bonds. The SMILES string of the molecule is Cc1[nH]c2ccccc2c1C1=C(c2c(Cc3ccc(CN)c(O)c3)[nH]c3ccccc23)C(=O)NC1=O. The third-order valence-corrected chi connectivity index (χ3v) is 6.86. The summed E-state index contributed by atoms with van der Waals surface area (Å²) in [6, 6.07) is 20.9. The molecule has 0 radical (unpaired) electrons. The summed E-state index contributed by atoms with van der Waals surface area (Å²) in [5.74, 6) is -0.702. The minimum atomic E-state index is -0.424. The number of fused-ring (bicyclic) bond motifs is 2. The number of aromatic hydroxyl groups is 1. The predicted molar refractivity (Wildman–Crippen MR) is 140 cm³/mol. The Bertz CT molecular complexity index is 1740. The van der Waals surface area contributed by atoms with Gasteiger partial charge in [0.2, 0.25) is 0 Å². The molecule has 0 atom stereocenters. The summed E-state index contributed by atoms with van der Waals surface area (Å²) in [6.07, 6.45) is 0.424. The fourth-order valence-electron chi connectivity index (χ4n) is 5.24. The van der Waals surface area contributed by atoms with Crippen LogP contribution in [0, 0.1) is 6.92 Å². The van der Waals surface area contributed by atoms with Crippen molar-refractivity contribution < 1.29 is 14.7 Å². The number of carbonyl (C=O) groups excluding carboxylic acids is 2. The number of benzene rings is 3. The molecule has 1 aliphatic rings. The smallest absolute Gasteiger partial charge is 0.259 e. The maximum absolute atomic E-state index is 13.4. The fourth-order valence-corrected chi connectivity index (χ4v) is 5.24. The van der Waals surface area contributed by atoms with E-state index in [0.29, 0.717) is 28.7 Å². The number of carbonyl (C=O) groups is 2. The van der Waals surface area contributed by atoms with Gasteiger partial charge >= 0.3 is 0 Å². The van der Waals surface area contributed by atoms with E-state index in [1.54, 1.807) is 12.1 Å². The number of H-pyrrole nitrogens is 2. The number of phenolic OH excluding ortho intramolecular Hbond substituents is 1. The van der Waals surface area contributed by atoms with Gasteiger partial charge in [0, 0.05) is 62.8 Å². The monoisotopic (exact) mass is 476 g/mol. The number of amides is 2. The number of nitrogens with one attached hydrogen (secondary N) is 3. The summed E-state index contributed by atoms with van der Waals surface area (Å²) < 4.78 is 0. The van der Waals surface area contributed by atoms with Crippen molar-refractivity contribution in [2.75, 3.05) is 0 Å². The Kier molecular flexibility index (Phi) is 5.01. The van der Waals surface area contributed by atoms with Crippen LogP contribution in [0.4, 0.5) is 0 Å². The highest BCUT2D eigenvalue weighted by Crippen LogP contribution is 2.41. The van der Waals surface area contributed by atoms with E-state index in [2.05, 4.69) is 15.3 Å². The van der Waals surface area contributed by atoms with Crippen molar-refractivity contribution in [1.82, 2.24) is 15.3 Å². The summed E-state index contributed by atoms with van der Waals surface area (Å²) in [5, 5.41) is 14.6. The zero-order valence-corrected chi connectivity index (χ0v) is 19.6. The number of aromatic amines is 2. The third-order valence-electron chi connectivity index (χ3n) is 6.86. The molecule has 0 bridgehead atoms. The molecule has 178 valence electrons. The first-order valence-corrected chi connectivity index (χ1v) is 11.7. The van der Waals surface area contributed by atoms with Crippen molar-refractivity contribution >= 4 is 44.8 Å². The van der Waals surface area contributed by atoms with E-state index >= 15 is 0 Å². The van der Waals surface area contributed by atoms with Gasteiger partial charge in [0.25, 0.3) is 11.8 Å². The molecule has 0 fully saturated rings.